The van der Waals surface area contributed by atoms with Gasteiger partial charge < -0.3 is 5.73 Å². The quantitative estimate of drug-likeness (QED) is 0.918. The zero-order valence-corrected chi connectivity index (χ0v) is 12.3. The third-order valence-electron chi connectivity index (χ3n) is 3.79. The van der Waals surface area contributed by atoms with Crippen molar-refractivity contribution in [1.82, 2.24) is 9.88 Å². The molecule has 0 unspecified atom stereocenters. The van der Waals surface area contributed by atoms with Gasteiger partial charge in [0, 0.05) is 12.1 Å². The molecule has 18 heavy (non-hydrogen) atoms. The maximum absolute atomic E-state index is 5.73. The third-order valence-corrected chi connectivity index (χ3v) is 4.64. The van der Waals surface area contributed by atoms with Crippen molar-refractivity contribution in [3.63, 3.8) is 0 Å². The van der Waals surface area contributed by atoms with Gasteiger partial charge in [-0.05, 0) is 45.0 Å². The van der Waals surface area contributed by atoms with Crippen molar-refractivity contribution >= 4 is 26.7 Å². The Morgan fingerprint density at radius 1 is 1.39 bits per heavy atom. The van der Waals surface area contributed by atoms with Gasteiger partial charge in [-0.3, -0.25) is 4.90 Å². The molecule has 1 aromatic heterocycles. The van der Waals surface area contributed by atoms with Crippen LogP contribution in [0.25, 0.3) is 10.2 Å². The second-order valence-corrected chi connectivity index (χ2v) is 6.44. The molecule has 0 bridgehead atoms. The Morgan fingerprint density at radius 3 is 2.78 bits per heavy atom. The Bertz CT molecular complexity index is 545. The highest BCUT2D eigenvalue weighted by Crippen LogP contribution is 2.26. The van der Waals surface area contributed by atoms with Crippen LogP contribution in [0.1, 0.15) is 32.8 Å². The van der Waals surface area contributed by atoms with E-state index in [4.69, 9.17) is 5.73 Å². The van der Waals surface area contributed by atoms with Gasteiger partial charge in [0.15, 0.2) is 5.13 Å². The highest BCUT2D eigenvalue weighted by atomic mass is 32.1. The number of nitrogen functional groups attached to an aromatic ring is 1. The summed E-state index contributed by atoms with van der Waals surface area (Å²) in [4.78, 5) is 6.67. The number of thiazole rings is 1. The van der Waals surface area contributed by atoms with Crippen molar-refractivity contribution < 1.29 is 0 Å². The van der Waals surface area contributed by atoms with Crippen LogP contribution in [0.3, 0.4) is 0 Å². The third kappa shape index (κ3) is 2.65. The summed E-state index contributed by atoms with van der Waals surface area (Å²) in [5, 5.41) is 0.643. The number of anilines is 1. The van der Waals surface area contributed by atoms with E-state index >= 15 is 0 Å². The molecule has 0 fully saturated rings. The van der Waals surface area contributed by atoms with Gasteiger partial charge in [0.05, 0.1) is 10.2 Å². The number of nitrogens with two attached hydrogens (primary N) is 1. The van der Waals surface area contributed by atoms with Crippen LogP contribution in [0.15, 0.2) is 18.2 Å². The van der Waals surface area contributed by atoms with Crippen LogP contribution < -0.4 is 5.73 Å². The van der Waals surface area contributed by atoms with E-state index in [0.717, 1.165) is 18.5 Å². The molecule has 0 spiro atoms. The fourth-order valence-electron chi connectivity index (χ4n) is 1.84. The molecule has 0 atom stereocenters. The Kier molecular flexibility index (Phi) is 3.59. The molecule has 98 valence electrons. The lowest BCUT2D eigenvalue weighted by molar-refractivity contribution is 0.143. The van der Waals surface area contributed by atoms with Crippen molar-refractivity contribution in [3.05, 3.63) is 23.8 Å². The summed E-state index contributed by atoms with van der Waals surface area (Å²) in [6.45, 7) is 7.73. The molecule has 2 N–H and O–H groups in total. The maximum Gasteiger partial charge on any atom is 0.181 e. The minimum absolute atomic E-state index is 0.224. The average Bonchev–Trinajstić information content (AvgIpc) is 2.68. The molecule has 1 heterocycles. The molecular weight excluding hydrogens is 242 g/mol. The minimum Gasteiger partial charge on any atom is -0.375 e. The summed E-state index contributed by atoms with van der Waals surface area (Å²) < 4.78 is 1.17. The second-order valence-electron chi connectivity index (χ2n) is 5.38. The Balaban J connectivity index is 2.21. The van der Waals surface area contributed by atoms with Gasteiger partial charge >= 0.3 is 0 Å². The van der Waals surface area contributed by atoms with Crippen LogP contribution in [0.5, 0.6) is 0 Å². The number of hydrogen-bond donors (Lipinski definition) is 1. The standard InChI is InChI=1S/C14H21N3S/c1-5-14(2,3)17(4)9-10-6-7-11-12(8-10)18-13(15)16-11/h6-8H,5,9H2,1-4H3,(H2,15,16). The summed E-state index contributed by atoms with van der Waals surface area (Å²) in [6, 6.07) is 6.40. The molecule has 0 amide bonds. The van der Waals surface area contributed by atoms with Gasteiger partial charge in [-0.15, -0.1) is 0 Å². The van der Waals surface area contributed by atoms with E-state index in [9.17, 15) is 0 Å². The number of hydrogen-bond acceptors (Lipinski definition) is 4. The minimum atomic E-state index is 0.224. The van der Waals surface area contributed by atoms with E-state index in [1.54, 1.807) is 11.3 Å². The summed E-state index contributed by atoms with van der Waals surface area (Å²) >= 11 is 1.55. The molecule has 0 aliphatic carbocycles. The zero-order valence-electron chi connectivity index (χ0n) is 11.5. The van der Waals surface area contributed by atoms with Crippen LogP contribution in [-0.2, 0) is 6.54 Å². The molecule has 0 radical (unpaired) electrons. The summed E-state index contributed by atoms with van der Waals surface area (Å²) in [5.41, 5.74) is 8.27. The van der Waals surface area contributed by atoms with Gasteiger partial charge in [0.25, 0.3) is 0 Å². The van der Waals surface area contributed by atoms with Crippen molar-refractivity contribution in [1.29, 1.82) is 0 Å². The van der Waals surface area contributed by atoms with Crippen molar-refractivity contribution in [3.8, 4) is 0 Å². The lowest BCUT2D eigenvalue weighted by Gasteiger charge is -2.34. The molecule has 1 aromatic carbocycles. The highest BCUT2D eigenvalue weighted by molar-refractivity contribution is 7.22. The molecule has 4 heteroatoms. The number of fused-ring (bicyclic) bond motifs is 1. The predicted molar refractivity (Wildman–Crippen MR) is 79.9 cm³/mol. The number of rotatable bonds is 4. The van der Waals surface area contributed by atoms with Crippen molar-refractivity contribution in [2.75, 3.05) is 12.8 Å². The first-order valence-corrected chi connectivity index (χ1v) is 7.10. The van der Waals surface area contributed by atoms with Crippen LogP contribution in [0.4, 0.5) is 5.13 Å². The van der Waals surface area contributed by atoms with Gasteiger partial charge in [-0.25, -0.2) is 4.98 Å². The zero-order chi connectivity index (χ0) is 13.3. The first-order valence-electron chi connectivity index (χ1n) is 6.28. The smallest absolute Gasteiger partial charge is 0.181 e. The lowest BCUT2D eigenvalue weighted by atomic mass is 9.99. The van der Waals surface area contributed by atoms with E-state index in [0.29, 0.717) is 5.13 Å². The summed E-state index contributed by atoms with van der Waals surface area (Å²) in [6.07, 6.45) is 1.14. The Morgan fingerprint density at radius 2 is 2.11 bits per heavy atom. The number of benzene rings is 1. The molecular formula is C14H21N3S. The number of nitrogens with zero attached hydrogens (tertiary/aromatic N) is 2. The first-order chi connectivity index (χ1) is 8.42. The number of aromatic nitrogens is 1. The van der Waals surface area contributed by atoms with Crippen LogP contribution in [-0.4, -0.2) is 22.5 Å². The highest BCUT2D eigenvalue weighted by Gasteiger charge is 2.21. The molecule has 2 rings (SSSR count). The monoisotopic (exact) mass is 263 g/mol. The fourth-order valence-corrected chi connectivity index (χ4v) is 2.64. The van der Waals surface area contributed by atoms with E-state index in [1.807, 2.05) is 0 Å². The molecule has 0 aliphatic rings. The Labute approximate surface area is 113 Å². The van der Waals surface area contributed by atoms with Crippen molar-refractivity contribution in [2.24, 2.45) is 0 Å². The normalized spacial score (nSPS) is 12.5. The molecule has 2 aromatic rings. The van der Waals surface area contributed by atoms with Crippen molar-refractivity contribution in [2.45, 2.75) is 39.3 Å². The van der Waals surface area contributed by atoms with Crippen LogP contribution >= 0.6 is 11.3 Å². The lowest BCUT2D eigenvalue weighted by Crippen LogP contribution is -2.39. The van der Waals surface area contributed by atoms with E-state index < -0.39 is 0 Å². The van der Waals surface area contributed by atoms with Gasteiger partial charge in [-0.1, -0.05) is 24.3 Å². The molecule has 0 saturated heterocycles. The van der Waals surface area contributed by atoms with Crippen LogP contribution in [0, 0.1) is 0 Å². The first kappa shape index (κ1) is 13.3. The molecule has 0 aliphatic heterocycles. The summed E-state index contributed by atoms with van der Waals surface area (Å²) in [7, 11) is 2.18. The summed E-state index contributed by atoms with van der Waals surface area (Å²) in [5.74, 6) is 0. The van der Waals surface area contributed by atoms with E-state index in [1.165, 1.54) is 10.3 Å². The Hall–Kier alpha value is -1.13. The van der Waals surface area contributed by atoms with Gasteiger partial charge in [0.2, 0.25) is 0 Å². The SMILES string of the molecule is CCC(C)(C)N(C)Cc1ccc2nc(N)sc2c1. The second kappa shape index (κ2) is 4.86. The van der Waals surface area contributed by atoms with Gasteiger partial charge in [-0.2, -0.15) is 0 Å². The van der Waals surface area contributed by atoms with Crippen LogP contribution in [0.2, 0.25) is 0 Å². The fraction of sp³-hybridized carbons (Fsp3) is 0.500. The predicted octanol–water partition coefficient (Wildman–Crippen LogP) is 3.50. The van der Waals surface area contributed by atoms with Gasteiger partial charge in [0.1, 0.15) is 0 Å². The molecule has 0 saturated carbocycles. The van der Waals surface area contributed by atoms with E-state index in [2.05, 4.69) is 55.9 Å². The van der Waals surface area contributed by atoms with E-state index in [-0.39, 0.29) is 5.54 Å². The maximum atomic E-state index is 5.73. The largest absolute Gasteiger partial charge is 0.375 e. The topological polar surface area (TPSA) is 42.2 Å². The molecule has 3 nitrogen and oxygen atoms in total. The average molecular weight is 263 g/mol.